The van der Waals surface area contributed by atoms with Gasteiger partial charge in [0.05, 0.1) is 12.6 Å². The largest absolute Gasteiger partial charge is 0.444 e. The van der Waals surface area contributed by atoms with Crippen LogP contribution in [0.2, 0.25) is 0 Å². The van der Waals surface area contributed by atoms with Crippen LogP contribution < -0.4 is 0 Å². The van der Waals surface area contributed by atoms with Crippen molar-refractivity contribution in [3.63, 3.8) is 0 Å². The molecule has 20 heavy (non-hydrogen) atoms. The van der Waals surface area contributed by atoms with Gasteiger partial charge in [-0.05, 0) is 26.3 Å². The number of hydrogen-bond donors (Lipinski definition) is 0. The Morgan fingerprint density at radius 1 is 1.35 bits per heavy atom. The molecule has 2 atom stereocenters. The van der Waals surface area contributed by atoms with Gasteiger partial charge in [-0.25, -0.2) is 11.4 Å². The van der Waals surface area contributed by atoms with Crippen molar-refractivity contribution in [2.75, 3.05) is 6.54 Å². The smallest absolute Gasteiger partial charge is 0.411 e. The zero-order chi connectivity index (χ0) is 14.8. The molecule has 0 bridgehead atoms. The first-order valence-electron chi connectivity index (χ1n) is 6.82. The molecule has 1 aromatic carbocycles. The lowest BCUT2D eigenvalue weighted by Crippen LogP contribution is -2.37. The fraction of sp³-hybridized carbons (Fsp3) is 0.500. The second kappa shape index (κ2) is 5.54. The number of benzene rings is 1. The van der Waals surface area contributed by atoms with Crippen molar-refractivity contribution in [3.8, 4) is 0 Å². The van der Waals surface area contributed by atoms with Gasteiger partial charge in [-0.1, -0.05) is 30.3 Å². The molecule has 106 valence electrons. The lowest BCUT2D eigenvalue weighted by Gasteiger charge is -2.28. The van der Waals surface area contributed by atoms with E-state index in [-0.39, 0.29) is 18.2 Å². The SMILES string of the molecule is [C-]#[N+][C@@H]1C[C@H](c2ccccc2)N(C(=O)OC(C)(C)C)C1. The maximum absolute atomic E-state index is 12.3. The molecule has 0 radical (unpaired) electrons. The minimum Gasteiger partial charge on any atom is -0.444 e. The normalized spacial score (nSPS) is 22.4. The van der Waals surface area contributed by atoms with Crippen molar-refractivity contribution < 1.29 is 9.53 Å². The molecule has 0 unspecified atom stereocenters. The number of hydrogen-bond acceptors (Lipinski definition) is 2. The van der Waals surface area contributed by atoms with E-state index in [0.29, 0.717) is 13.0 Å². The number of nitrogens with zero attached hydrogens (tertiary/aromatic N) is 2. The molecule has 0 spiro atoms. The zero-order valence-electron chi connectivity index (χ0n) is 12.2. The second-order valence-electron chi connectivity index (χ2n) is 6.08. The quantitative estimate of drug-likeness (QED) is 0.731. The molecule has 1 amide bonds. The number of amides is 1. The highest BCUT2D eigenvalue weighted by atomic mass is 16.6. The van der Waals surface area contributed by atoms with E-state index in [0.717, 1.165) is 5.56 Å². The van der Waals surface area contributed by atoms with E-state index in [2.05, 4.69) is 4.85 Å². The van der Waals surface area contributed by atoms with Gasteiger partial charge >= 0.3 is 6.09 Å². The Hall–Kier alpha value is -2.02. The maximum Gasteiger partial charge on any atom is 0.411 e. The first-order chi connectivity index (χ1) is 9.40. The average Bonchev–Trinajstić information content (AvgIpc) is 2.82. The number of carbonyl (C=O) groups is 1. The van der Waals surface area contributed by atoms with Crippen LogP contribution in [0.3, 0.4) is 0 Å². The first kappa shape index (κ1) is 14.4. The van der Waals surface area contributed by atoms with E-state index in [9.17, 15) is 4.79 Å². The lowest BCUT2D eigenvalue weighted by atomic mass is 10.0. The summed E-state index contributed by atoms with van der Waals surface area (Å²) in [5, 5.41) is 0. The highest BCUT2D eigenvalue weighted by molar-refractivity contribution is 5.69. The number of carbonyl (C=O) groups excluding carboxylic acids is 1. The molecule has 1 heterocycles. The van der Waals surface area contributed by atoms with Crippen molar-refractivity contribution in [2.45, 2.75) is 44.9 Å². The van der Waals surface area contributed by atoms with Crippen LogP contribution >= 0.6 is 0 Å². The third kappa shape index (κ3) is 3.30. The van der Waals surface area contributed by atoms with Crippen LogP contribution in [0.25, 0.3) is 4.85 Å². The Morgan fingerprint density at radius 2 is 2.00 bits per heavy atom. The summed E-state index contributed by atoms with van der Waals surface area (Å²) in [7, 11) is 0. The Balaban J connectivity index is 2.21. The average molecular weight is 272 g/mol. The molecule has 0 N–H and O–H groups in total. The minimum atomic E-state index is -0.519. The predicted octanol–water partition coefficient (Wildman–Crippen LogP) is 3.66. The Bertz CT molecular complexity index is 514. The van der Waals surface area contributed by atoms with E-state index < -0.39 is 5.60 Å². The molecule has 1 fully saturated rings. The van der Waals surface area contributed by atoms with E-state index in [1.807, 2.05) is 51.1 Å². The van der Waals surface area contributed by atoms with E-state index >= 15 is 0 Å². The van der Waals surface area contributed by atoms with Crippen LogP contribution in [-0.2, 0) is 4.74 Å². The highest BCUT2D eigenvalue weighted by Gasteiger charge is 2.41. The molecule has 0 saturated carbocycles. The molecule has 2 rings (SSSR count). The van der Waals surface area contributed by atoms with Crippen LogP contribution in [0, 0.1) is 6.57 Å². The molecule has 1 aliphatic heterocycles. The number of ether oxygens (including phenoxy) is 1. The summed E-state index contributed by atoms with van der Waals surface area (Å²) < 4.78 is 5.45. The summed E-state index contributed by atoms with van der Waals surface area (Å²) in [6.07, 6.45) is 0.338. The van der Waals surface area contributed by atoms with Crippen LogP contribution in [0.1, 0.15) is 38.8 Å². The van der Waals surface area contributed by atoms with Gasteiger partial charge in [-0.15, -0.1) is 0 Å². The van der Waals surface area contributed by atoms with E-state index in [1.165, 1.54) is 0 Å². The Morgan fingerprint density at radius 3 is 2.55 bits per heavy atom. The monoisotopic (exact) mass is 272 g/mol. The van der Waals surface area contributed by atoms with Gasteiger partial charge in [-0.3, -0.25) is 4.90 Å². The van der Waals surface area contributed by atoms with Gasteiger partial charge in [0.15, 0.2) is 0 Å². The molecular weight excluding hydrogens is 252 g/mol. The van der Waals surface area contributed by atoms with Crippen molar-refractivity contribution in [1.82, 2.24) is 4.90 Å². The minimum absolute atomic E-state index is 0.0647. The topological polar surface area (TPSA) is 33.9 Å². The van der Waals surface area contributed by atoms with Gasteiger partial charge in [0.2, 0.25) is 6.04 Å². The molecular formula is C16H20N2O2. The summed E-state index contributed by atoms with van der Waals surface area (Å²) in [6, 6.07) is 9.63. The van der Waals surface area contributed by atoms with Crippen molar-refractivity contribution >= 4 is 6.09 Å². The van der Waals surface area contributed by atoms with Crippen molar-refractivity contribution in [3.05, 3.63) is 47.3 Å². The third-order valence-electron chi connectivity index (χ3n) is 3.27. The third-order valence-corrected chi connectivity index (χ3v) is 3.27. The number of likely N-dealkylation sites (tertiary alicyclic amines) is 1. The van der Waals surface area contributed by atoms with Gasteiger partial charge in [0, 0.05) is 6.42 Å². The summed E-state index contributed by atoms with van der Waals surface area (Å²) in [6.45, 7) is 13.2. The van der Waals surface area contributed by atoms with E-state index in [1.54, 1.807) is 4.90 Å². The lowest BCUT2D eigenvalue weighted by molar-refractivity contribution is 0.0224. The molecule has 0 aliphatic carbocycles. The second-order valence-corrected chi connectivity index (χ2v) is 6.08. The predicted molar refractivity (Wildman–Crippen MR) is 77.1 cm³/mol. The Labute approximate surface area is 120 Å². The van der Waals surface area contributed by atoms with Crippen molar-refractivity contribution in [2.24, 2.45) is 0 Å². The first-order valence-corrected chi connectivity index (χ1v) is 6.82. The molecule has 0 aromatic heterocycles. The van der Waals surface area contributed by atoms with Crippen LogP contribution in [0.4, 0.5) is 4.79 Å². The van der Waals surface area contributed by atoms with Crippen LogP contribution in [-0.4, -0.2) is 29.2 Å². The maximum atomic E-state index is 12.3. The summed E-state index contributed by atoms with van der Waals surface area (Å²) in [4.78, 5) is 17.6. The van der Waals surface area contributed by atoms with Gasteiger partial charge in [0.25, 0.3) is 0 Å². The zero-order valence-corrected chi connectivity index (χ0v) is 12.2. The molecule has 1 aromatic rings. The summed E-state index contributed by atoms with van der Waals surface area (Å²) in [5.41, 5.74) is 0.540. The highest BCUT2D eigenvalue weighted by Crippen LogP contribution is 2.34. The Kier molecular flexibility index (Phi) is 3.99. The van der Waals surface area contributed by atoms with Crippen molar-refractivity contribution in [1.29, 1.82) is 0 Å². The standard InChI is InChI=1S/C16H20N2O2/c1-16(2,3)20-15(19)18-11-13(17-4)10-14(18)12-8-6-5-7-9-12/h5-9,13-14H,10-11H2,1-3H3/t13-,14-/m1/s1. The summed E-state index contributed by atoms with van der Waals surface area (Å²) >= 11 is 0. The van der Waals surface area contributed by atoms with Gasteiger partial charge in [0.1, 0.15) is 5.60 Å². The molecule has 4 heteroatoms. The fourth-order valence-electron chi connectivity index (χ4n) is 2.42. The number of rotatable bonds is 1. The molecule has 1 saturated heterocycles. The van der Waals surface area contributed by atoms with E-state index in [4.69, 9.17) is 11.3 Å². The summed E-state index contributed by atoms with van der Waals surface area (Å²) in [5.74, 6) is 0. The molecule has 4 nitrogen and oxygen atoms in total. The van der Waals surface area contributed by atoms with Gasteiger partial charge < -0.3 is 9.58 Å². The van der Waals surface area contributed by atoms with Crippen LogP contribution in [0.15, 0.2) is 30.3 Å². The fourth-order valence-corrected chi connectivity index (χ4v) is 2.42. The molecule has 1 aliphatic rings. The van der Waals surface area contributed by atoms with Crippen LogP contribution in [0.5, 0.6) is 0 Å². The van der Waals surface area contributed by atoms with Gasteiger partial charge in [-0.2, -0.15) is 0 Å².